The van der Waals surface area contributed by atoms with E-state index >= 15 is 0 Å². The number of nitrogens with zero attached hydrogens (tertiary/aromatic N) is 2. The van der Waals surface area contributed by atoms with Crippen LogP contribution in [0.1, 0.15) is 52.7 Å². The molecule has 1 heterocycles. The number of phenolic OH excluding ortho intramolecular Hbond substituents is 1. The number of rotatable bonds is 4. The second-order valence-electron chi connectivity index (χ2n) is 9.18. The van der Waals surface area contributed by atoms with Crippen LogP contribution < -0.4 is 10.2 Å². The lowest BCUT2D eigenvalue weighted by molar-refractivity contribution is 0.411. The minimum atomic E-state index is -0.0146. The number of aromatic nitrogens is 1. The second-order valence-corrected chi connectivity index (χ2v) is 9.18. The summed E-state index contributed by atoms with van der Waals surface area (Å²) in [5.74, 6) is 1.23. The van der Waals surface area contributed by atoms with Crippen molar-refractivity contribution in [2.24, 2.45) is 0 Å². The summed E-state index contributed by atoms with van der Waals surface area (Å²) in [6.45, 7) is 13.6. The average Bonchev–Trinajstić information content (AvgIpc) is 2.52. The van der Waals surface area contributed by atoms with E-state index in [4.69, 9.17) is 0 Å². The molecule has 4 nitrogen and oxygen atoms in total. The Balaban J connectivity index is 2.53. The molecule has 2 N–H and O–H groups in total. The molecule has 0 aliphatic rings. The molecule has 0 fully saturated rings. The van der Waals surface area contributed by atoms with Gasteiger partial charge in [0.2, 0.25) is 0 Å². The molecule has 0 unspecified atom stereocenters. The van der Waals surface area contributed by atoms with Crippen LogP contribution in [0.5, 0.6) is 5.75 Å². The van der Waals surface area contributed by atoms with Crippen molar-refractivity contribution in [1.82, 2.24) is 10.3 Å². The lowest BCUT2D eigenvalue weighted by Gasteiger charge is -2.25. The molecule has 1 aromatic heterocycles. The van der Waals surface area contributed by atoms with Crippen LogP contribution >= 0.6 is 0 Å². The molecule has 0 saturated carbocycles. The maximum Gasteiger partial charge on any atom is 0.127 e. The fourth-order valence-corrected chi connectivity index (χ4v) is 2.65. The largest absolute Gasteiger partial charge is 0.507 e. The van der Waals surface area contributed by atoms with E-state index in [0.717, 1.165) is 22.5 Å². The molecule has 0 bridgehead atoms. The first-order valence-corrected chi connectivity index (χ1v) is 9.13. The molecule has 0 aliphatic carbocycles. The summed E-state index contributed by atoms with van der Waals surface area (Å²) in [6, 6.07) is 8.19. The summed E-state index contributed by atoms with van der Waals surface area (Å²) in [5, 5.41) is 14.4. The van der Waals surface area contributed by atoms with Crippen molar-refractivity contribution in [2.45, 2.75) is 59.0 Å². The fourth-order valence-electron chi connectivity index (χ4n) is 2.65. The maximum atomic E-state index is 10.9. The normalized spacial score (nSPS) is 12.3. The number of hydrogen-bond donors (Lipinski definition) is 2. The molecule has 26 heavy (non-hydrogen) atoms. The molecule has 0 spiro atoms. The summed E-state index contributed by atoms with van der Waals surface area (Å²) in [7, 11) is 3.94. The number of anilines is 1. The molecule has 2 aromatic rings. The lowest BCUT2D eigenvalue weighted by Crippen LogP contribution is -2.35. The summed E-state index contributed by atoms with van der Waals surface area (Å²) >= 11 is 0. The topological polar surface area (TPSA) is 48.4 Å². The SMILES string of the molecule is CN(C)c1ccc(-c2cc(C(C)(C)C)cc(CNC(C)(C)C)c2O)cn1. The van der Waals surface area contributed by atoms with Crippen LogP contribution in [0.15, 0.2) is 30.5 Å². The van der Waals surface area contributed by atoms with Gasteiger partial charge in [-0.15, -0.1) is 0 Å². The third-order valence-corrected chi connectivity index (χ3v) is 4.38. The lowest BCUT2D eigenvalue weighted by atomic mass is 9.83. The van der Waals surface area contributed by atoms with Crippen molar-refractivity contribution < 1.29 is 5.11 Å². The van der Waals surface area contributed by atoms with E-state index in [9.17, 15) is 5.11 Å². The predicted molar refractivity (Wildman–Crippen MR) is 111 cm³/mol. The standard InChI is InChI=1S/C22H33N3O/c1-21(2,3)17-11-16(14-24-22(4,5)6)20(26)18(12-17)15-9-10-19(23-13-15)25(7)8/h9-13,24,26H,14H2,1-8H3. The molecule has 142 valence electrons. The number of aromatic hydroxyl groups is 1. The Labute approximate surface area is 158 Å². The monoisotopic (exact) mass is 355 g/mol. The number of nitrogens with one attached hydrogen (secondary N) is 1. The number of pyridine rings is 1. The molecule has 0 aliphatic heterocycles. The van der Waals surface area contributed by atoms with Gasteiger partial charge in [-0.1, -0.05) is 26.8 Å². The molecular weight excluding hydrogens is 322 g/mol. The van der Waals surface area contributed by atoms with Gasteiger partial charge in [-0.25, -0.2) is 4.98 Å². The highest BCUT2D eigenvalue weighted by molar-refractivity contribution is 5.73. The Morgan fingerprint density at radius 1 is 1.04 bits per heavy atom. The Morgan fingerprint density at radius 3 is 2.15 bits per heavy atom. The van der Waals surface area contributed by atoms with Crippen LogP contribution in [-0.2, 0) is 12.0 Å². The first kappa shape index (κ1) is 20.2. The summed E-state index contributed by atoms with van der Waals surface area (Å²) in [6.07, 6.45) is 1.83. The first-order valence-electron chi connectivity index (χ1n) is 9.13. The van der Waals surface area contributed by atoms with Gasteiger partial charge in [0, 0.05) is 49.1 Å². The van der Waals surface area contributed by atoms with Crippen molar-refractivity contribution in [2.75, 3.05) is 19.0 Å². The zero-order valence-electron chi connectivity index (χ0n) is 17.4. The summed E-state index contributed by atoms with van der Waals surface area (Å²) in [4.78, 5) is 6.47. The van der Waals surface area contributed by atoms with Gasteiger partial charge in [0.25, 0.3) is 0 Å². The zero-order valence-corrected chi connectivity index (χ0v) is 17.4. The molecule has 2 rings (SSSR count). The van der Waals surface area contributed by atoms with Crippen LogP contribution in [0.2, 0.25) is 0 Å². The smallest absolute Gasteiger partial charge is 0.127 e. The highest BCUT2D eigenvalue weighted by Crippen LogP contribution is 2.37. The second kappa shape index (κ2) is 7.28. The predicted octanol–water partition coefficient (Wildman–Crippen LogP) is 4.71. The van der Waals surface area contributed by atoms with E-state index in [0.29, 0.717) is 12.3 Å². The Morgan fingerprint density at radius 2 is 1.69 bits per heavy atom. The molecule has 4 heteroatoms. The van der Waals surface area contributed by atoms with Gasteiger partial charge in [0.05, 0.1) is 0 Å². The van der Waals surface area contributed by atoms with Crippen LogP contribution in [0, 0.1) is 0 Å². The van der Waals surface area contributed by atoms with E-state index in [1.807, 2.05) is 37.3 Å². The minimum absolute atomic E-state index is 0.00403. The quantitative estimate of drug-likeness (QED) is 0.834. The maximum absolute atomic E-state index is 10.9. The molecule has 0 atom stereocenters. The summed E-state index contributed by atoms with van der Waals surface area (Å²) < 4.78 is 0. The van der Waals surface area contributed by atoms with Crippen LogP contribution in [-0.4, -0.2) is 29.7 Å². The fraction of sp³-hybridized carbons (Fsp3) is 0.500. The van der Waals surface area contributed by atoms with E-state index in [1.54, 1.807) is 0 Å². The van der Waals surface area contributed by atoms with E-state index in [-0.39, 0.29) is 11.0 Å². The van der Waals surface area contributed by atoms with Gasteiger partial charge in [-0.3, -0.25) is 0 Å². The van der Waals surface area contributed by atoms with E-state index in [2.05, 4.69) is 64.0 Å². The van der Waals surface area contributed by atoms with Crippen molar-refractivity contribution in [3.63, 3.8) is 0 Å². The number of benzene rings is 1. The number of hydrogen-bond acceptors (Lipinski definition) is 4. The first-order chi connectivity index (χ1) is 11.9. The minimum Gasteiger partial charge on any atom is -0.507 e. The summed E-state index contributed by atoms with van der Waals surface area (Å²) in [5.41, 5.74) is 3.86. The Kier molecular flexibility index (Phi) is 5.67. The zero-order chi connectivity index (χ0) is 19.7. The van der Waals surface area contributed by atoms with Gasteiger partial charge in [0.15, 0.2) is 0 Å². The third kappa shape index (κ3) is 4.98. The van der Waals surface area contributed by atoms with Gasteiger partial charge >= 0.3 is 0 Å². The number of phenols is 1. The van der Waals surface area contributed by atoms with Crippen molar-refractivity contribution in [3.8, 4) is 16.9 Å². The Bertz CT molecular complexity index is 751. The van der Waals surface area contributed by atoms with Crippen LogP contribution in [0.4, 0.5) is 5.82 Å². The highest BCUT2D eigenvalue weighted by Gasteiger charge is 2.20. The van der Waals surface area contributed by atoms with Gasteiger partial charge in [-0.2, -0.15) is 0 Å². The molecule has 0 saturated heterocycles. The third-order valence-electron chi connectivity index (χ3n) is 4.38. The van der Waals surface area contributed by atoms with Crippen molar-refractivity contribution in [3.05, 3.63) is 41.6 Å². The van der Waals surface area contributed by atoms with Crippen molar-refractivity contribution >= 4 is 5.82 Å². The Hall–Kier alpha value is -2.07. The molecule has 0 amide bonds. The van der Waals surface area contributed by atoms with Gasteiger partial charge in [0.1, 0.15) is 11.6 Å². The van der Waals surface area contributed by atoms with Crippen LogP contribution in [0.25, 0.3) is 11.1 Å². The van der Waals surface area contributed by atoms with Gasteiger partial charge in [-0.05, 0) is 49.9 Å². The van der Waals surface area contributed by atoms with E-state index < -0.39 is 0 Å². The average molecular weight is 356 g/mol. The molecular formula is C22H33N3O. The van der Waals surface area contributed by atoms with Crippen molar-refractivity contribution in [1.29, 1.82) is 0 Å². The highest BCUT2D eigenvalue weighted by atomic mass is 16.3. The van der Waals surface area contributed by atoms with E-state index in [1.165, 1.54) is 5.56 Å². The molecule has 1 aromatic carbocycles. The molecule has 0 radical (unpaired) electrons. The van der Waals surface area contributed by atoms with Gasteiger partial charge < -0.3 is 15.3 Å². The van der Waals surface area contributed by atoms with Crippen LogP contribution in [0.3, 0.4) is 0 Å².